The number of aromatic nitrogens is 3. The average molecular weight is 345 g/mol. The number of anilines is 1. The van der Waals surface area contributed by atoms with Crippen LogP contribution in [0, 0.1) is 5.41 Å². The zero-order valence-corrected chi connectivity index (χ0v) is 15.0. The van der Waals surface area contributed by atoms with Crippen molar-refractivity contribution < 1.29 is 4.74 Å². The van der Waals surface area contributed by atoms with Crippen LogP contribution < -0.4 is 9.64 Å². The van der Waals surface area contributed by atoms with Crippen LogP contribution in [0.2, 0.25) is 0 Å². The lowest BCUT2D eigenvalue weighted by Crippen LogP contribution is -2.38. The fourth-order valence-corrected chi connectivity index (χ4v) is 4.57. The van der Waals surface area contributed by atoms with Crippen molar-refractivity contribution in [1.29, 1.82) is 0 Å². The van der Waals surface area contributed by atoms with Crippen LogP contribution in [0.3, 0.4) is 0 Å². The molecule has 1 saturated carbocycles. The number of hydrogen-bond donors (Lipinski definition) is 0. The summed E-state index contributed by atoms with van der Waals surface area (Å²) in [5.41, 5.74) is 0.487. The van der Waals surface area contributed by atoms with Crippen molar-refractivity contribution in [2.75, 3.05) is 32.1 Å². The molecule has 1 saturated heterocycles. The molecule has 1 atom stereocenters. The van der Waals surface area contributed by atoms with E-state index in [2.05, 4.69) is 37.2 Å². The normalized spacial score (nSPS) is 22.1. The SMILES string of the molecule is COc1ccnc(N2CCC3(CC2)C[C@H]3N(C)Cc2nccs2)n1. The molecule has 4 rings (SSSR count). The number of ether oxygens (including phenoxy) is 1. The maximum Gasteiger partial charge on any atom is 0.228 e. The first-order chi connectivity index (χ1) is 11.7. The Kier molecular flexibility index (Phi) is 4.14. The monoisotopic (exact) mass is 345 g/mol. The highest BCUT2D eigenvalue weighted by atomic mass is 32.1. The summed E-state index contributed by atoms with van der Waals surface area (Å²) in [6, 6.07) is 2.48. The quantitative estimate of drug-likeness (QED) is 0.830. The van der Waals surface area contributed by atoms with Crippen molar-refractivity contribution >= 4 is 17.3 Å². The van der Waals surface area contributed by atoms with E-state index in [1.807, 2.05) is 6.20 Å². The summed E-state index contributed by atoms with van der Waals surface area (Å²) >= 11 is 1.74. The van der Waals surface area contributed by atoms with Gasteiger partial charge in [-0.3, -0.25) is 4.90 Å². The predicted octanol–water partition coefficient (Wildman–Crippen LogP) is 2.43. The predicted molar refractivity (Wildman–Crippen MR) is 94.5 cm³/mol. The van der Waals surface area contributed by atoms with E-state index >= 15 is 0 Å². The molecule has 0 unspecified atom stereocenters. The summed E-state index contributed by atoms with van der Waals surface area (Å²) in [7, 11) is 3.88. The summed E-state index contributed by atoms with van der Waals surface area (Å²) in [6.45, 7) is 3.01. The molecular formula is C17H23N5OS. The second-order valence-corrected chi connectivity index (χ2v) is 7.79. The molecule has 0 N–H and O–H groups in total. The first kappa shape index (κ1) is 15.8. The van der Waals surface area contributed by atoms with Gasteiger partial charge in [0.2, 0.25) is 11.8 Å². The van der Waals surface area contributed by atoms with Gasteiger partial charge in [-0.1, -0.05) is 0 Å². The highest BCUT2D eigenvalue weighted by Gasteiger charge is 2.56. The fraction of sp³-hybridized carbons (Fsp3) is 0.588. The molecule has 2 aromatic rings. The molecule has 2 fully saturated rings. The van der Waals surface area contributed by atoms with E-state index in [0.29, 0.717) is 17.3 Å². The molecule has 7 heteroatoms. The van der Waals surface area contributed by atoms with E-state index in [9.17, 15) is 0 Å². The van der Waals surface area contributed by atoms with Gasteiger partial charge in [-0.05, 0) is 31.7 Å². The zero-order chi connectivity index (χ0) is 16.6. The minimum Gasteiger partial charge on any atom is -0.481 e. The molecule has 0 radical (unpaired) electrons. The summed E-state index contributed by atoms with van der Waals surface area (Å²) in [4.78, 5) is 18.0. The number of nitrogens with zero attached hydrogens (tertiary/aromatic N) is 5. The number of methoxy groups -OCH3 is 1. The third kappa shape index (κ3) is 2.98. The van der Waals surface area contributed by atoms with Gasteiger partial charge < -0.3 is 9.64 Å². The van der Waals surface area contributed by atoms with Crippen LogP contribution in [0.5, 0.6) is 5.88 Å². The zero-order valence-electron chi connectivity index (χ0n) is 14.2. The molecule has 2 aliphatic rings. The standard InChI is InChI=1S/C17H23N5OS/c1-21(12-15-18-7-10-24-15)13-11-17(13)4-8-22(9-5-17)16-19-6-3-14(20-16)23-2/h3,6-7,10,13H,4-5,8-9,11-12H2,1-2H3/t13-/m1/s1. The summed E-state index contributed by atoms with van der Waals surface area (Å²) in [5.74, 6) is 1.42. The van der Waals surface area contributed by atoms with E-state index in [1.54, 1.807) is 30.7 Å². The van der Waals surface area contributed by atoms with Crippen molar-refractivity contribution in [2.45, 2.75) is 31.8 Å². The number of hydrogen-bond acceptors (Lipinski definition) is 7. The summed E-state index contributed by atoms with van der Waals surface area (Å²) in [6.07, 6.45) is 7.39. The van der Waals surface area contributed by atoms with Crippen molar-refractivity contribution in [3.63, 3.8) is 0 Å². The Balaban J connectivity index is 1.35. The molecule has 0 bridgehead atoms. The second-order valence-electron chi connectivity index (χ2n) is 6.81. The van der Waals surface area contributed by atoms with E-state index in [-0.39, 0.29) is 0 Å². The van der Waals surface area contributed by atoms with Crippen LogP contribution in [0.4, 0.5) is 5.95 Å². The Hall–Kier alpha value is -1.73. The van der Waals surface area contributed by atoms with Gasteiger partial charge in [0, 0.05) is 43.0 Å². The molecule has 6 nitrogen and oxygen atoms in total. The lowest BCUT2D eigenvalue weighted by molar-refractivity contribution is 0.238. The fourth-order valence-electron chi connectivity index (χ4n) is 3.89. The molecule has 1 aliphatic carbocycles. The van der Waals surface area contributed by atoms with Gasteiger partial charge in [-0.2, -0.15) is 4.98 Å². The largest absolute Gasteiger partial charge is 0.481 e. The molecule has 3 heterocycles. The molecular weight excluding hydrogens is 322 g/mol. The maximum absolute atomic E-state index is 5.21. The van der Waals surface area contributed by atoms with Crippen molar-refractivity contribution in [2.24, 2.45) is 5.41 Å². The lowest BCUT2D eigenvalue weighted by atomic mass is 9.92. The van der Waals surface area contributed by atoms with Gasteiger partial charge in [-0.15, -0.1) is 11.3 Å². The smallest absolute Gasteiger partial charge is 0.228 e. The van der Waals surface area contributed by atoms with E-state index in [1.165, 1.54) is 24.3 Å². The van der Waals surface area contributed by atoms with E-state index in [0.717, 1.165) is 25.6 Å². The van der Waals surface area contributed by atoms with Crippen molar-refractivity contribution in [3.8, 4) is 5.88 Å². The van der Waals surface area contributed by atoms with Crippen LogP contribution in [0.25, 0.3) is 0 Å². The molecule has 24 heavy (non-hydrogen) atoms. The first-order valence-electron chi connectivity index (χ1n) is 8.41. The molecule has 0 aromatic carbocycles. The van der Waals surface area contributed by atoms with Gasteiger partial charge >= 0.3 is 0 Å². The molecule has 128 valence electrons. The second kappa shape index (κ2) is 6.29. The Bertz CT molecular complexity index is 684. The van der Waals surface area contributed by atoms with Crippen LogP contribution in [-0.2, 0) is 6.54 Å². The summed E-state index contributed by atoms with van der Waals surface area (Å²) < 4.78 is 5.21. The Labute approximate surface area is 146 Å². The van der Waals surface area contributed by atoms with E-state index < -0.39 is 0 Å². The van der Waals surface area contributed by atoms with E-state index in [4.69, 9.17) is 4.74 Å². The average Bonchev–Trinajstić information content (AvgIpc) is 3.07. The van der Waals surface area contributed by atoms with Crippen molar-refractivity contribution in [3.05, 3.63) is 28.8 Å². The maximum atomic E-state index is 5.21. The Morgan fingerprint density at radius 3 is 2.88 bits per heavy atom. The number of thiazole rings is 1. The van der Waals surface area contributed by atoms with Crippen LogP contribution in [0.15, 0.2) is 23.8 Å². The highest BCUT2D eigenvalue weighted by molar-refractivity contribution is 7.09. The third-order valence-electron chi connectivity index (χ3n) is 5.42. The molecule has 2 aromatic heterocycles. The van der Waals surface area contributed by atoms with Crippen LogP contribution in [0.1, 0.15) is 24.3 Å². The van der Waals surface area contributed by atoms with Crippen LogP contribution >= 0.6 is 11.3 Å². The minimum absolute atomic E-state index is 0.487. The number of piperidine rings is 1. The topological polar surface area (TPSA) is 54.4 Å². The van der Waals surface area contributed by atoms with Crippen molar-refractivity contribution in [1.82, 2.24) is 19.9 Å². The van der Waals surface area contributed by atoms with Crippen LogP contribution in [-0.4, -0.2) is 53.1 Å². The first-order valence-corrected chi connectivity index (χ1v) is 9.29. The highest BCUT2D eigenvalue weighted by Crippen LogP contribution is 2.56. The molecule has 0 amide bonds. The van der Waals surface area contributed by atoms with Gasteiger partial charge in [0.15, 0.2) is 0 Å². The molecule has 1 aliphatic heterocycles. The molecule has 1 spiro atoms. The summed E-state index contributed by atoms with van der Waals surface area (Å²) in [5, 5.41) is 3.26. The van der Waals surface area contributed by atoms with Gasteiger partial charge in [-0.25, -0.2) is 9.97 Å². The lowest BCUT2D eigenvalue weighted by Gasteiger charge is -2.34. The number of rotatable bonds is 5. The minimum atomic E-state index is 0.487. The third-order valence-corrected chi connectivity index (χ3v) is 6.18. The van der Waals surface area contributed by atoms with Gasteiger partial charge in [0.25, 0.3) is 0 Å². The Morgan fingerprint density at radius 1 is 1.33 bits per heavy atom. The Morgan fingerprint density at radius 2 is 2.17 bits per heavy atom. The van der Waals surface area contributed by atoms with Gasteiger partial charge in [0.05, 0.1) is 13.7 Å². The van der Waals surface area contributed by atoms with Gasteiger partial charge in [0.1, 0.15) is 5.01 Å².